The number of nitrogens with zero attached hydrogens (tertiary/aromatic N) is 3. The first-order valence-electron chi connectivity index (χ1n) is 9.61. The van der Waals surface area contributed by atoms with Crippen LogP contribution in [0.5, 0.6) is 0 Å². The van der Waals surface area contributed by atoms with E-state index in [-0.39, 0.29) is 18.2 Å². The van der Waals surface area contributed by atoms with Gasteiger partial charge in [0.25, 0.3) is 5.91 Å². The molecule has 0 aliphatic carbocycles. The monoisotopic (exact) mass is 463 g/mol. The van der Waals surface area contributed by atoms with Crippen molar-refractivity contribution in [2.24, 2.45) is 0 Å². The van der Waals surface area contributed by atoms with Crippen LogP contribution in [0.3, 0.4) is 0 Å². The molecule has 0 aliphatic heterocycles. The Morgan fingerprint density at radius 2 is 1.97 bits per heavy atom. The molecule has 3 aromatic rings. The zero-order chi connectivity index (χ0) is 23.3. The lowest BCUT2D eigenvalue weighted by Gasteiger charge is -2.20. The number of hydrogen-bond donors (Lipinski definition) is 0. The normalized spacial score (nSPS) is 11.2. The van der Waals surface area contributed by atoms with Gasteiger partial charge in [0.1, 0.15) is 5.56 Å². The highest BCUT2D eigenvalue weighted by Crippen LogP contribution is 2.34. The van der Waals surface area contributed by atoms with Crippen LogP contribution in [0, 0.1) is 0 Å². The van der Waals surface area contributed by atoms with Gasteiger partial charge in [-0.2, -0.15) is 18.3 Å². The quantitative estimate of drug-likeness (QED) is 0.350. The maximum atomic E-state index is 13.7. The van der Waals surface area contributed by atoms with Gasteiger partial charge in [-0.3, -0.25) is 4.79 Å². The number of ether oxygens (including phenoxy) is 1. The molecule has 168 valence electrons. The molecule has 0 unspecified atom stereocenters. The van der Waals surface area contributed by atoms with Crippen molar-refractivity contribution in [3.8, 4) is 5.69 Å². The minimum absolute atomic E-state index is 0.0537. The minimum Gasteiger partial charge on any atom is -0.462 e. The molecule has 0 radical (unpaired) electrons. The van der Waals surface area contributed by atoms with Crippen molar-refractivity contribution in [1.29, 1.82) is 0 Å². The molecule has 0 saturated heterocycles. The van der Waals surface area contributed by atoms with E-state index >= 15 is 0 Å². The molecule has 0 N–H and O–H groups in total. The summed E-state index contributed by atoms with van der Waals surface area (Å²) in [4.78, 5) is 27.4. The van der Waals surface area contributed by atoms with Crippen LogP contribution in [0.1, 0.15) is 38.2 Å². The molecule has 2 aromatic heterocycles. The number of hydrogen-bond acceptors (Lipinski definition) is 5. The SMILES string of the molecule is C=CCN(Cc1cccs1)C(=O)c1ccc(-n2ncc(C(=O)OCC)c2C(F)(F)F)cc1. The standard InChI is InChI=1S/C22H20F3N3O3S/c1-3-11-27(14-17-6-5-12-32-17)20(29)15-7-9-16(10-8-15)28-19(22(23,24)25)18(13-26-28)21(30)31-4-2/h3,5-10,12-13H,1,4,11,14H2,2H3. The zero-order valence-electron chi connectivity index (χ0n) is 17.1. The summed E-state index contributed by atoms with van der Waals surface area (Å²) < 4.78 is 46.3. The van der Waals surface area contributed by atoms with Crippen LogP contribution in [-0.2, 0) is 17.5 Å². The Kier molecular flexibility index (Phi) is 7.14. The second-order valence-electron chi connectivity index (χ2n) is 6.64. The molecular formula is C22H20F3N3O3S. The third-order valence-corrected chi connectivity index (χ3v) is 5.32. The second kappa shape index (κ2) is 9.82. The molecule has 3 rings (SSSR count). The predicted octanol–water partition coefficient (Wildman–Crippen LogP) is 4.96. The number of carbonyl (C=O) groups excluding carboxylic acids is 2. The first-order valence-corrected chi connectivity index (χ1v) is 10.5. The largest absolute Gasteiger partial charge is 0.462 e. The fraction of sp³-hybridized carbons (Fsp3) is 0.227. The Balaban J connectivity index is 1.90. The Hall–Kier alpha value is -3.40. The van der Waals surface area contributed by atoms with E-state index < -0.39 is 23.4 Å². The number of aromatic nitrogens is 2. The molecular weight excluding hydrogens is 443 g/mol. The number of esters is 1. The van der Waals surface area contributed by atoms with Crippen LogP contribution in [-0.4, -0.2) is 39.7 Å². The lowest BCUT2D eigenvalue weighted by Crippen LogP contribution is -2.30. The molecule has 6 nitrogen and oxygen atoms in total. The average Bonchev–Trinajstić information content (AvgIpc) is 3.43. The van der Waals surface area contributed by atoms with Gasteiger partial charge in [0.05, 0.1) is 25.0 Å². The van der Waals surface area contributed by atoms with E-state index in [0.29, 0.717) is 23.3 Å². The summed E-state index contributed by atoms with van der Waals surface area (Å²) >= 11 is 1.52. The van der Waals surface area contributed by atoms with Crippen LogP contribution in [0.15, 0.2) is 60.6 Å². The van der Waals surface area contributed by atoms with Crippen molar-refractivity contribution >= 4 is 23.2 Å². The van der Waals surface area contributed by atoms with Crippen molar-refractivity contribution in [1.82, 2.24) is 14.7 Å². The zero-order valence-corrected chi connectivity index (χ0v) is 17.9. The first-order chi connectivity index (χ1) is 15.3. The van der Waals surface area contributed by atoms with Crippen molar-refractivity contribution in [3.63, 3.8) is 0 Å². The number of thiophene rings is 1. The summed E-state index contributed by atoms with van der Waals surface area (Å²) in [5.74, 6) is -1.39. The van der Waals surface area contributed by atoms with E-state index in [1.807, 2.05) is 17.5 Å². The average molecular weight is 463 g/mol. The topological polar surface area (TPSA) is 64.4 Å². The number of halogens is 3. The molecule has 0 spiro atoms. The number of rotatable bonds is 8. The Morgan fingerprint density at radius 3 is 2.53 bits per heavy atom. The number of carbonyl (C=O) groups is 2. The van der Waals surface area contributed by atoms with E-state index in [1.165, 1.54) is 42.5 Å². The molecule has 32 heavy (non-hydrogen) atoms. The summed E-state index contributed by atoms with van der Waals surface area (Å²) in [6.07, 6.45) is -2.41. The molecule has 0 bridgehead atoms. The summed E-state index contributed by atoms with van der Waals surface area (Å²) in [5, 5.41) is 5.64. The maximum Gasteiger partial charge on any atom is 0.434 e. The van der Waals surface area contributed by atoms with E-state index in [0.717, 1.165) is 11.1 Å². The van der Waals surface area contributed by atoms with Crippen LogP contribution < -0.4 is 0 Å². The van der Waals surface area contributed by atoms with Crippen LogP contribution in [0.4, 0.5) is 13.2 Å². The molecule has 0 saturated carbocycles. The van der Waals surface area contributed by atoms with E-state index in [4.69, 9.17) is 4.74 Å². The van der Waals surface area contributed by atoms with Crippen LogP contribution >= 0.6 is 11.3 Å². The van der Waals surface area contributed by atoms with Gasteiger partial charge in [-0.25, -0.2) is 9.48 Å². The minimum atomic E-state index is -4.84. The van der Waals surface area contributed by atoms with Crippen molar-refractivity contribution in [2.45, 2.75) is 19.6 Å². The highest BCUT2D eigenvalue weighted by Gasteiger charge is 2.41. The van der Waals surface area contributed by atoms with Gasteiger partial charge in [-0.15, -0.1) is 17.9 Å². The molecule has 1 aromatic carbocycles. The Bertz CT molecular complexity index is 1090. The van der Waals surface area contributed by atoms with E-state index in [2.05, 4.69) is 11.7 Å². The van der Waals surface area contributed by atoms with Crippen molar-refractivity contribution in [2.75, 3.05) is 13.2 Å². The second-order valence-corrected chi connectivity index (χ2v) is 7.67. The van der Waals surface area contributed by atoms with Gasteiger partial charge in [0.2, 0.25) is 0 Å². The summed E-state index contributed by atoms with van der Waals surface area (Å²) in [7, 11) is 0. The highest BCUT2D eigenvalue weighted by atomic mass is 32.1. The molecule has 10 heteroatoms. The van der Waals surface area contributed by atoms with Gasteiger partial charge in [-0.05, 0) is 42.6 Å². The maximum absolute atomic E-state index is 13.7. The fourth-order valence-electron chi connectivity index (χ4n) is 3.07. The summed E-state index contributed by atoms with van der Waals surface area (Å²) in [6.45, 7) is 5.82. The molecule has 0 aliphatic rings. The third-order valence-electron chi connectivity index (χ3n) is 4.46. The third kappa shape index (κ3) is 5.08. The van der Waals surface area contributed by atoms with Crippen LogP contribution in [0.2, 0.25) is 0 Å². The van der Waals surface area contributed by atoms with Gasteiger partial charge in [-0.1, -0.05) is 12.1 Å². The lowest BCUT2D eigenvalue weighted by molar-refractivity contribution is -0.143. The van der Waals surface area contributed by atoms with Crippen molar-refractivity contribution < 1.29 is 27.5 Å². The number of benzene rings is 1. The van der Waals surface area contributed by atoms with Gasteiger partial charge in [0, 0.05) is 17.0 Å². The highest BCUT2D eigenvalue weighted by molar-refractivity contribution is 7.09. The summed E-state index contributed by atoms with van der Waals surface area (Å²) in [5.41, 5.74) is -1.55. The van der Waals surface area contributed by atoms with E-state index in [1.54, 1.807) is 11.0 Å². The predicted molar refractivity (Wildman–Crippen MR) is 114 cm³/mol. The molecule has 0 fully saturated rings. The number of alkyl halides is 3. The smallest absolute Gasteiger partial charge is 0.434 e. The molecule has 1 amide bonds. The van der Waals surface area contributed by atoms with Gasteiger partial charge in [0.15, 0.2) is 5.69 Å². The molecule has 0 atom stereocenters. The van der Waals surface area contributed by atoms with Gasteiger partial charge >= 0.3 is 12.1 Å². The Morgan fingerprint density at radius 1 is 1.25 bits per heavy atom. The van der Waals surface area contributed by atoms with Crippen molar-refractivity contribution in [3.05, 3.63) is 82.3 Å². The lowest BCUT2D eigenvalue weighted by atomic mass is 10.1. The summed E-state index contributed by atoms with van der Waals surface area (Å²) in [6, 6.07) is 9.35. The number of amides is 1. The van der Waals surface area contributed by atoms with Gasteiger partial charge < -0.3 is 9.64 Å². The molecule has 2 heterocycles. The first kappa shape index (κ1) is 23.3. The van der Waals surface area contributed by atoms with E-state index in [9.17, 15) is 22.8 Å². The Labute approximate surface area is 186 Å². The fourth-order valence-corrected chi connectivity index (χ4v) is 3.79. The van der Waals surface area contributed by atoms with Crippen LogP contribution in [0.25, 0.3) is 5.69 Å².